The van der Waals surface area contributed by atoms with Crippen molar-refractivity contribution in [2.45, 2.75) is 26.1 Å². The Bertz CT molecular complexity index is 184. The minimum atomic E-state index is -0.241. The van der Waals surface area contributed by atoms with Crippen LogP contribution in [0, 0.1) is 11.8 Å². The van der Waals surface area contributed by atoms with E-state index in [0.717, 1.165) is 6.42 Å². The summed E-state index contributed by atoms with van der Waals surface area (Å²) in [6, 6.07) is 0. The van der Waals surface area contributed by atoms with Gasteiger partial charge in [0.15, 0.2) is 6.29 Å². The van der Waals surface area contributed by atoms with Gasteiger partial charge in [-0.15, -0.1) is 0 Å². The number of ketones is 1. The van der Waals surface area contributed by atoms with E-state index in [1.54, 1.807) is 0 Å². The number of hydrogen-bond acceptors (Lipinski definition) is 3. The van der Waals surface area contributed by atoms with E-state index in [1.165, 1.54) is 0 Å². The molecule has 2 rings (SSSR count). The van der Waals surface area contributed by atoms with E-state index >= 15 is 0 Å². The second-order valence-electron chi connectivity index (χ2n) is 3.62. The van der Waals surface area contributed by atoms with E-state index in [0.29, 0.717) is 31.3 Å². The largest absolute Gasteiger partial charge is 0.349 e. The third kappa shape index (κ3) is 1.27. The molecule has 1 heterocycles. The Labute approximate surface area is 72.0 Å². The van der Waals surface area contributed by atoms with E-state index in [1.807, 2.05) is 0 Å². The summed E-state index contributed by atoms with van der Waals surface area (Å²) in [6.45, 7) is 3.38. The van der Waals surface area contributed by atoms with Gasteiger partial charge in [-0.3, -0.25) is 4.79 Å². The van der Waals surface area contributed by atoms with Crippen LogP contribution in [0.15, 0.2) is 0 Å². The molecule has 1 saturated heterocycles. The highest BCUT2D eigenvalue weighted by Crippen LogP contribution is 2.33. The summed E-state index contributed by atoms with van der Waals surface area (Å²) < 4.78 is 10.7. The van der Waals surface area contributed by atoms with E-state index in [9.17, 15) is 4.79 Å². The number of ether oxygens (including phenoxy) is 2. The van der Waals surface area contributed by atoms with Gasteiger partial charge in [0.05, 0.1) is 19.1 Å². The lowest BCUT2D eigenvalue weighted by Crippen LogP contribution is -2.28. The molecule has 12 heavy (non-hydrogen) atoms. The van der Waals surface area contributed by atoms with Crippen molar-refractivity contribution in [3.63, 3.8) is 0 Å². The zero-order valence-corrected chi connectivity index (χ0v) is 7.29. The zero-order chi connectivity index (χ0) is 8.55. The number of carbonyl (C=O) groups is 1. The maximum Gasteiger partial charge on any atom is 0.167 e. The maximum absolute atomic E-state index is 11.4. The molecule has 2 atom stereocenters. The highest BCUT2D eigenvalue weighted by molar-refractivity contribution is 5.83. The SMILES string of the molecule is C[C@@H]1CCC(=O)[C@@H]1C1OCCO1. The minimum absolute atomic E-state index is 0.00694. The van der Waals surface area contributed by atoms with E-state index in [-0.39, 0.29) is 12.2 Å². The van der Waals surface area contributed by atoms with Crippen molar-refractivity contribution in [2.24, 2.45) is 11.8 Å². The molecular weight excluding hydrogens is 156 g/mol. The van der Waals surface area contributed by atoms with Crippen LogP contribution in [0.4, 0.5) is 0 Å². The molecule has 1 aliphatic carbocycles. The van der Waals surface area contributed by atoms with Crippen LogP contribution >= 0.6 is 0 Å². The van der Waals surface area contributed by atoms with Crippen LogP contribution in [0.1, 0.15) is 19.8 Å². The van der Waals surface area contributed by atoms with Crippen molar-refractivity contribution < 1.29 is 14.3 Å². The fourth-order valence-electron chi connectivity index (χ4n) is 2.04. The van der Waals surface area contributed by atoms with Gasteiger partial charge in [0, 0.05) is 6.42 Å². The lowest BCUT2D eigenvalue weighted by molar-refractivity contribution is -0.138. The molecule has 3 nitrogen and oxygen atoms in total. The maximum atomic E-state index is 11.4. The standard InChI is InChI=1S/C9H14O3/c1-6-2-3-7(10)8(6)9-11-4-5-12-9/h6,8-9H,2-5H2,1H3/t6-,8-/m1/s1. The summed E-state index contributed by atoms with van der Waals surface area (Å²) in [7, 11) is 0. The Morgan fingerprint density at radius 2 is 2.00 bits per heavy atom. The highest BCUT2D eigenvalue weighted by atomic mass is 16.7. The Kier molecular flexibility index (Phi) is 2.15. The molecule has 0 aromatic carbocycles. The van der Waals surface area contributed by atoms with Gasteiger partial charge in [0.1, 0.15) is 5.78 Å². The molecule has 0 unspecified atom stereocenters. The second kappa shape index (κ2) is 3.15. The lowest BCUT2D eigenvalue weighted by Gasteiger charge is -2.19. The van der Waals surface area contributed by atoms with E-state index in [4.69, 9.17) is 9.47 Å². The Morgan fingerprint density at radius 1 is 1.33 bits per heavy atom. The molecule has 68 valence electrons. The third-order valence-corrected chi connectivity index (χ3v) is 2.77. The topological polar surface area (TPSA) is 35.5 Å². The number of hydrogen-bond donors (Lipinski definition) is 0. The summed E-state index contributed by atoms with van der Waals surface area (Å²) >= 11 is 0. The van der Waals surface area contributed by atoms with Gasteiger partial charge < -0.3 is 9.47 Å². The van der Waals surface area contributed by atoms with Crippen LogP contribution < -0.4 is 0 Å². The third-order valence-electron chi connectivity index (χ3n) is 2.77. The summed E-state index contributed by atoms with van der Waals surface area (Å²) in [6.07, 6.45) is 1.46. The summed E-state index contributed by atoms with van der Waals surface area (Å²) in [4.78, 5) is 11.4. The normalized spacial score (nSPS) is 37.9. The highest BCUT2D eigenvalue weighted by Gasteiger charge is 2.40. The molecule has 0 amide bonds. The predicted octanol–water partition coefficient (Wildman–Crippen LogP) is 0.974. The van der Waals surface area contributed by atoms with Gasteiger partial charge in [0.2, 0.25) is 0 Å². The summed E-state index contributed by atoms with van der Waals surface area (Å²) in [5.41, 5.74) is 0. The molecular formula is C9H14O3. The zero-order valence-electron chi connectivity index (χ0n) is 7.29. The Balaban J connectivity index is 2.04. The summed E-state index contributed by atoms with van der Waals surface area (Å²) in [5, 5.41) is 0. The molecule has 2 fully saturated rings. The average Bonchev–Trinajstić information content (AvgIpc) is 2.61. The average molecular weight is 170 g/mol. The fraction of sp³-hybridized carbons (Fsp3) is 0.889. The molecule has 1 saturated carbocycles. The minimum Gasteiger partial charge on any atom is -0.349 e. The van der Waals surface area contributed by atoms with Crippen LogP contribution in [0.3, 0.4) is 0 Å². The molecule has 2 aliphatic rings. The van der Waals surface area contributed by atoms with Gasteiger partial charge in [0.25, 0.3) is 0 Å². The molecule has 0 aromatic rings. The monoisotopic (exact) mass is 170 g/mol. The van der Waals surface area contributed by atoms with E-state index in [2.05, 4.69) is 6.92 Å². The first-order chi connectivity index (χ1) is 5.79. The smallest absolute Gasteiger partial charge is 0.167 e. The fourth-order valence-corrected chi connectivity index (χ4v) is 2.04. The van der Waals surface area contributed by atoms with Crippen LogP contribution in [0.25, 0.3) is 0 Å². The van der Waals surface area contributed by atoms with Crippen molar-refractivity contribution in [1.82, 2.24) is 0 Å². The van der Waals surface area contributed by atoms with Gasteiger partial charge >= 0.3 is 0 Å². The number of carbonyl (C=O) groups excluding carboxylic acids is 1. The van der Waals surface area contributed by atoms with Crippen molar-refractivity contribution in [2.75, 3.05) is 13.2 Å². The van der Waals surface area contributed by atoms with E-state index < -0.39 is 0 Å². The first kappa shape index (κ1) is 8.20. The van der Waals surface area contributed by atoms with Crippen molar-refractivity contribution in [3.05, 3.63) is 0 Å². The Morgan fingerprint density at radius 3 is 2.50 bits per heavy atom. The van der Waals surface area contributed by atoms with Gasteiger partial charge in [-0.25, -0.2) is 0 Å². The Hall–Kier alpha value is -0.410. The molecule has 0 aromatic heterocycles. The molecule has 0 bridgehead atoms. The molecule has 3 heteroatoms. The predicted molar refractivity (Wildman–Crippen MR) is 42.6 cm³/mol. The molecule has 0 spiro atoms. The van der Waals surface area contributed by atoms with Gasteiger partial charge in [-0.2, -0.15) is 0 Å². The van der Waals surface area contributed by atoms with Crippen LogP contribution in [0.5, 0.6) is 0 Å². The molecule has 0 N–H and O–H groups in total. The molecule has 0 radical (unpaired) electrons. The van der Waals surface area contributed by atoms with Crippen LogP contribution in [-0.4, -0.2) is 25.3 Å². The summed E-state index contributed by atoms with van der Waals surface area (Å²) in [5.74, 6) is 0.752. The van der Waals surface area contributed by atoms with Crippen LogP contribution in [0.2, 0.25) is 0 Å². The quantitative estimate of drug-likeness (QED) is 0.588. The van der Waals surface area contributed by atoms with Gasteiger partial charge in [-0.1, -0.05) is 6.92 Å². The van der Waals surface area contributed by atoms with Crippen molar-refractivity contribution >= 4 is 5.78 Å². The molecule has 1 aliphatic heterocycles. The number of Topliss-reactive ketones (excluding diaryl/α,β-unsaturated/α-hetero) is 1. The second-order valence-corrected chi connectivity index (χ2v) is 3.62. The number of rotatable bonds is 1. The van der Waals surface area contributed by atoms with Crippen molar-refractivity contribution in [3.8, 4) is 0 Å². The first-order valence-corrected chi connectivity index (χ1v) is 4.55. The first-order valence-electron chi connectivity index (χ1n) is 4.55. The lowest BCUT2D eigenvalue weighted by atomic mass is 9.97. The van der Waals surface area contributed by atoms with Gasteiger partial charge in [-0.05, 0) is 12.3 Å². The van der Waals surface area contributed by atoms with Crippen molar-refractivity contribution in [1.29, 1.82) is 0 Å². The van der Waals surface area contributed by atoms with Crippen LogP contribution in [-0.2, 0) is 14.3 Å².